The Hall–Kier alpha value is -1.25. The largest absolute Gasteiger partial charge is 0.472 e. The molecule has 0 amide bonds. The average Bonchev–Trinajstić information content (AvgIpc) is 3.10. The molecule has 0 saturated heterocycles. The summed E-state index contributed by atoms with van der Waals surface area (Å²) >= 11 is 0. The Bertz CT molecular complexity index is 922. The van der Waals surface area contributed by atoms with Crippen LogP contribution in [0.1, 0.15) is 200 Å². The number of nitrogens with zero attached hydrogens (tertiary/aromatic N) is 1. The van der Waals surface area contributed by atoms with Crippen molar-refractivity contribution >= 4 is 19.8 Å². The van der Waals surface area contributed by atoms with Gasteiger partial charge in [-0.15, -0.1) is 0 Å². The summed E-state index contributed by atoms with van der Waals surface area (Å²) in [5.41, 5.74) is 0. The van der Waals surface area contributed by atoms with E-state index in [1.54, 1.807) is 0 Å². The fraction of sp³-hybridized carbons (Fsp3) is 0.907. The summed E-state index contributed by atoms with van der Waals surface area (Å²) in [7, 11) is 1.48. The van der Waals surface area contributed by atoms with E-state index < -0.39 is 26.5 Å². The molecule has 0 rings (SSSR count). The minimum Gasteiger partial charge on any atom is -0.462 e. The molecule has 314 valence electrons. The van der Waals surface area contributed by atoms with Crippen molar-refractivity contribution in [3.8, 4) is 0 Å². The maximum absolute atomic E-state index is 12.7. The van der Waals surface area contributed by atoms with Crippen LogP contribution in [0.25, 0.3) is 0 Å². The van der Waals surface area contributed by atoms with Crippen LogP contribution in [0.15, 0.2) is 12.2 Å². The highest BCUT2D eigenvalue weighted by Gasteiger charge is 2.27. The minimum absolute atomic E-state index is 0.0339. The third-order valence-corrected chi connectivity index (χ3v) is 10.5. The molecule has 10 heteroatoms. The van der Waals surface area contributed by atoms with Crippen LogP contribution in [0.3, 0.4) is 0 Å². The number of phosphoric ester groups is 1. The van der Waals surface area contributed by atoms with Crippen LogP contribution in [-0.2, 0) is 32.7 Å². The standard InChI is InChI=1S/C43H84NO8P/c1-6-8-10-12-14-16-18-20-21-22-23-24-26-28-30-32-34-36-43(46)52-41(40-51-53(47,48)50-38-37-44(3,4)5)39-49-42(45)35-33-31-29-27-25-19-17-15-13-11-9-7-2/h20-21,41H,6-19,22-40H2,1-5H3/p+1/b21-20-/t41-/m1/s1. The number of phosphoric acid groups is 1. The maximum atomic E-state index is 12.7. The van der Waals surface area contributed by atoms with E-state index >= 15 is 0 Å². The predicted molar refractivity (Wildman–Crippen MR) is 220 cm³/mol. The summed E-state index contributed by atoms with van der Waals surface area (Å²) in [5.74, 6) is -0.796. The zero-order valence-electron chi connectivity index (χ0n) is 35.3. The van der Waals surface area contributed by atoms with Crippen molar-refractivity contribution < 1.29 is 42.1 Å². The van der Waals surface area contributed by atoms with Gasteiger partial charge in [0.05, 0.1) is 27.7 Å². The number of quaternary nitrogens is 1. The molecule has 0 aliphatic heterocycles. The predicted octanol–water partition coefficient (Wildman–Crippen LogP) is 12.2. The Morgan fingerprint density at radius 3 is 1.40 bits per heavy atom. The van der Waals surface area contributed by atoms with Gasteiger partial charge in [-0.3, -0.25) is 18.6 Å². The molecule has 0 aromatic carbocycles. The first-order chi connectivity index (χ1) is 25.5. The highest BCUT2D eigenvalue weighted by Crippen LogP contribution is 2.43. The summed E-state index contributed by atoms with van der Waals surface area (Å²) in [6.45, 7) is 4.43. The number of carbonyl (C=O) groups is 2. The molecule has 2 atom stereocenters. The first kappa shape index (κ1) is 51.8. The van der Waals surface area contributed by atoms with E-state index in [0.717, 1.165) is 44.9 Å². The van der Waals surface area contributed by atoms with Gasteiger partial charge in [0.2, 0.25) is 0 Å². The number of rotatable bonds is 40. The second kappa shape index (κ2) is 36.4. The first-order valence-corrected chi connectivity index (χ1v) is 23.4. The van der Waals surface area contributed by atoms with Gasteiger partial charge in [0.25, 0.3) is 0 Å². The number of hydrogen-bond acceptors (Lipinski definition) is 7. The molecule has 0 spiro atoms. The number of carbonyl (C=O) groups excluding carboxylic acids is 2. The average molecular weight is 775 g/mol. The van der Waals surface area contributed by atoms with Gasteiger partial charge in [-0.05, 0) is 38.5 Å². The van der Waals surface area contributed by atoms with Crippen molar-refractivity contribution in [2.45, 2.75) is 206 Å². The summed E-state index contributed by atoms with van der Waals surface area (Å²) in [6.07, 6.45) is 36.8. The third-order valence-electron chi connectivity index (χ3n) is 9.55. The van der Waals surface area contributed by atoms with Crippen molar-refractivity contribution in [1.82, 2.24) is 0 Å². The van der Waals surface area contributed by atoms with Crippen molar-refractivity contribution in [1.29, 1.82) is 0 Å². The zero-order valence-corrected chi connectivity index (χ0v) is 36.2. The molecule has 0 aliphatic rings. The number of hydrogen-bond donors (Lipinski definition) is 1. The lowest BCUT2D eigenvalue weighted by Gasteiger charge is -2.24. The molecular weight excluding hydrogens is 689 g/mol. The molecule has 53 heavy (non-hydrogen) atoms. The van der Waals surface area contributed by atoms with Crippen LogP contribution in [0, 0.1) is 0 Å². The van der Waals surface area contributed by atoms with Crippen LogP contribution >= 0.6 is 7.82 Å². The molecule has 1 N–H and O–H groups in total. The molecule has 9 nitrogen and oxygen atoms in total. The molecule has 0 aromatic heterocycles. The van der Waals surface area contributed by atoms with Crippen molar-refractivity contribution in [3.05, 3.63) is 12.2 Å². The van der Waals surface area contributed by atoms with Crippen molar-refractivity contribution in [2.24, 2.45) is 0 Å². The lowest BCUT2D eigenvalue weighted by molar-refractivity contribution is -0.870. The van der Waals surface area contributed by atoms with E-state index in [4.69, 9.17) is 18.5 Å². The monoisotopic (exact) mass is 775 g/mol. The van der Waals surface area contributed by atoms with E-state index in [0.29, 0.717) is 23.9 Å². The smallest absolute Gasteiger partial charge is 0.462 e. The molecule has 0 bridgehead atoms. The summed E-state index contributed by atoms with van der Waals surface area (Å²) in [6, 6.07) is 0. The van der Waals surface area contributed by atoms with Crippen molar-refractivity contribution in [2.75, 3.05) is 47.5 Å². The van der Waals surface area contributed by atoms with E-state index in [-0.39, 0.29) is 25.6 Å². The Kier molecular flexibility index (Phi) is 35.5. The molecule has 1 unspecified atom stereocenters. The molecular formula is C43H85NO8P+. The number of ether oxygens (including phenoxy) is 2. The molecule has 0 heterocycles. The van der Waals surface area contributed by atoms with E-state index in [1.807, 2.05) is 21.1 Å². The second-order valence-corrected chi connectivity index (χ2v) is 17.5. The van der Waals surface area contributed by atoms with Gasteiger partial charge >= 0.3 is 19.8 Å². The Morgan fingerprint density at radius 1 is 0.566 bits per heavy atom. The van der Waals surface area contributed by atoms with E-state index in [2.05, 4.69) is 26.0 Å². The fourth-order valence-corrected chi connectivity index (χ4v) is 6.81. The second-order valence-electron chi connectivity index (χ2n) is 16.1. The molecule has 0 fully saturated rings. The number of unbranched alkanes of at least 4 members (excludes halogenated alkanes) is 24. The topological polar surface area (TPSA) is 108 Å². The first-order valence-electron chi connectivity index (χ1n) is 21.9. The normalized spacial score (nSPS) is 13.7. The Balaban J connectivity index is 4.34. The molecule has 0 aromatic rings. The van der Waals surface area contributed by atoms with Gasteiger partial charge in [0, 0.05) is 12.8 Å². The van der Waals surface area contributed by atoms with Gasteiger partial charge < -0.3 is 18.9 Å². The highest BCUT2D eigenvalue weighted by atomic mass is 31.2. The number of allylic oxidation sites excluding steroid dienone is 2. The lowest BCUT2D eigenvalue weighted by Crippen LogP contribution is -2.37. The zero-order chi connectivity index (χ0) is 39.3. The third kappa shape index (κ3) is 40.2. The minimum atomic E-state index is -4.37. The molecule has 0 aliphatic carbocycles. The number of likely N-dealkylation sites (N-methyl/N-ethyl adjacent to an activating group) is 1. The lowest BCUT2D eigenvalue weighted by atomic mass is 10.0. The Labute approximate surface area is 326 Å². The van der Waals surface area contributed by atoms with Crippen LogP contribution in [0.2, 0.25) is 0 Å². The Morgan fingerprint density at radius 2 is 0.962 bits per heavy atom. The molecule has 0 saturated carbocycles. The summed E-state index contributed by atoms with van der Waals surface area (Å²) < 4.78 is 34.3. The van der Waals surface area contributed by atoms with Gasteiger partial charge in [0.15, 0.2) is 6.10 Å². The van der Waals surface area contributed by atoms with E-state index in [1.165, 1.54) is 122 Å². The van der Waals surface area contributed by atoms with Gasteiger partial charge in [-0.2, -0.15) is 0 Å². The van der Waals surface area contributed by atoms with E-state index in [9.17, 15) is 19.0 Å². The van der Waals surface area contributed by atoms with Crippen LogP contribution < -0.4 is 0 Å². The van der Waals surface area contributed by atoms with Crippen LogP contribution in [0.5, 0.6) is 0 Å². The van der Waals surface area contributed by atoms with Gasteiger partial charge in [0.1, 0.15) is 19.8 Å². The number of esters is 2. The maximum Gasteiger partial charge on any atom is 0.472 e. The van der Waals surface area contributed by atoms with Crippen LogP contribution in [-0.4, -0.2) is 74.9 Å². The SMILES string of the molecule is CCCCCCCC/C=C\CCCCCCCCCC(=O)O[C@H](COC(=O)CCCCCCCCCCCCCC)COP(=O)(O)OCC[N+](C)(C)C. The quantitative estimate of drug-likeness (QED) is 0.0215. The van der Waals surface area contributed by atoms with Crippen LogP contribution in [0.4, 0.5) is 0 Å². The highest BCUT2D eigenvalue weighted by molar-refractivity contribution is 7.47. The fourth-order valence-electron chi connectivity index (χ4n) is 6.07. The van der Waals surface area contributed by atoms with Crippen molar-refractivity contribution in [3.63, 3.8) is 0 Å². The summed E-state index contributed by atoms with van der Waals surface area (Å²) in [5, 5.41) is 0. The molecule has 0 radical (unpaired) electrons. The van der Waals surface area contributed by atoms with Gasteiger partial charge in [-0.25, -0.2) is 4.57 Å². The van der Waals surface area contributed by atoms with Gasteiger partial charge in [-0.1, -0.05) is 161 Å². The summed E-state index contributed by atoms with van der Waals surface area (Å²) in [4.78, 5) is 35.3.